The molecular formula is C21H25BrN2O4S. The Morgan fingerprint density at radius 3 is 2.59 bits per heavy atom. The second-order valence-electron chi connectivity index (χ2n) is 7.25. The highest BCUT2D eigenvalue weighted by Crippen LogP contribution is 2.28. The number of aryl methyl sites for hydroxylation is 1. The van der Waals surface area contributed by atoms with Crippen molar-refractivity contribution >= 4 is 37.5 Å². The normalized spacial score (nSPS) is 15.8. The van der Waals surface area contributed by atoms with Gasteiger partial charge in [-0.1, -0.05) is 34.1 Å². The number of ether oxygens (including phenoxy) is 1. The highest BCUT2D eigenvalue weighted by atomic mass is 79.9. The maximum atomic E-state index is 12.7. The first-order chi connectivity index (χ1) is 13.8. The number of methoxy groups -OCH3 is 1. The average molecular weight is 481 g/mol. The summed E-state index contributed by atoms with van der Waals surface area (Å²) < 4.78 is 33.2. The molecule has 0 atom stereocenters. The van der Waals surface area contributed by atoms with Gasteiger partial charge in [-0.3, -0.25) is 4.79 Å². The van der Waals surface area contributed by atoms with Crippen molar-refractivity contribution in [1.82, 2.24) is 4.31 Å². The molecule has 8 heteroatoms. The molecule has 29 heavy (non-hydrogen) atoms. The number of piperidine rings is 1. The molecule has 0 unspecified atom stereocenters. The quantitative estimate of drug-likeness (QED) is 0.678. The molecular weight excluding hydrogens is 456 g/mol. The summed E-state index contributed by atoms with van der Waals surface area (Å²) >= 11 is 3.37. The number of anilines is 1. The minimum atomic E-state index is -3.42. The van der Waals surface area contributed by atoms with Crippen molar-refractivity contribution in [2.45, 2.75) is 25.5 Å². The van der Waals surface area contributed by atoms with E-state index in [9.17, 15) is 13.2 Å². The molecule has 1 amide bonds. The molecule has 0 aliphatic carbocycles. The Morgan fingerprint density at radius 1 is 1.21 bits per heavy atom. The molecule has 2 aromatic rings. The maximum absolute atomic E-state index is 12.7. The van der Waals surface area contributed by atoms with Gasteiger partial charge in [-0.05, 0) is 55.2 Å². The fourth-order valence-electron chi connectivity index (χ4n) is 3.48. The first kappa shape index (κ1) is 21.8. The van der Waals surface area contributed by atoms with Gasteiger partial charge < -0.3 is 10.1 Å². The van der Waals surface area contributed by atoms with Crippen LogP contribution in [0.3, 0.4) is 0 Å². The van der Waals surface area contributed by atoms with Crippen LogP contribution in [0.4, 0.5) is 5.69 Å². The summed E-state index contributed by atoms with van der Waals surface area (Å²) in [5.41, 5.74) is 2.41. The van der Waals surface area contributed by atoms with Gasteiger partial charge in [-0.2, -0.15) is 0 Å². The van der Waals surface area contributed by atoms with Crippen molar-refractivity contribution in [2.24, 2.45) is 5.92 Å². The number of nitrogens with one attached hydrogen (secondary N) is 1. The Bertz CT molecular complexity index is 986. The predicted octanol–water partition coefficient (Wildman–Crippen LogP) is 3.95. The van der Waals surface area contributed by atoms with E-state index >= 15 is 0 Å². The largest absolute Gasteiger partial charge is 0.495 e. The van der Waals surface area contributed by atoms with Crippen LogP contribution in [0.25, 0.3) is 0 Å². The predicted molar refractivity (Wildman–Crippen MR) is 117 cm³/mol. The maximum Gasteiger partial charge on any atom is 0.227 e. The fourth-order valence-corrected chi connectivity index (χ4v) is 5.48. The summed E-state index contributed by atoms with van der Waals surface area (Å²) in [5, 5.41) is 2.93. The first-order valence-corrected chi connectivity index (χ1v) is 11.9. The van der Waals surface area contributed by atoms with E-state index in [0.717, 1.165) is 15.6 Å². The fraction of sp³-hybridized carbons (Fsp3) is 0.381. The number of halogens is 1. The van der Waals surface area contributed by atoms with Crippen molar-refractivity contribution in [2.75, 3.05) is 25.5 Å². The second kappa shape index (κ2) is 9.28. The van der Waals surface area contributed by atoms with Gasteiger partial charge in [-0.25, -0.2) is 12.7 Å². The third-order valence-electron chi connectivity index (χ3n) is 5.07. The van der Waals surface area contributed by atoms with E-state index in [4.69, 9.17) is 4.74 Å². The lowest BCUT2D eigenvalue weighted by Gasteiger charge is -2.30. The third-order valence-corrected chi connectivity index (χ3v) is 7.41. The third kappa shape index (κ3) is 5.58. The number of hydrogen-bond acceptors (Lipinski definition) is 4. The number of carbonyl (C=O) groups excluding carboxylic acids is 1. The lowest BCUT2D eigenvalue weighted by molar-refractivity contribution is -0.120. The van der Waals surface area contributed by atoms with Gasteiger partial charge in [0.1, 0.15) is 5.75 Å². The lowest BCUT2D eigenvalue weighted by Crippen LogP contribution is -2.41. The molecule has 2 aromatic carbocycles. The minimum Gasteiger partial charge on any atom is -0.495 e. The number of rotatable bonds is 6. The van der Waals surface area contributed by atoms with Gasteiger partial charge in [0.25, 0.3) is 0 Å². The van der Waals surface area contributed by atoms with Gasteiger partial charge in [0.15, 0.2) is 0 Å². The van der Waals surface area contributed by atoms with E-state index in [-0.39, 0.29) is 17.6 Å². The van der Waals surface area contributed by atoms with E-state index in [1.165, 1.54) is 4.31 Å². The van der Waals surface area contributed by atoms with Gasteiger partial charge in [0, 0.05) is 23.5 Å². The number of benzene rings is 2. The number of nitrogens with zero attached hydrogens (tertiary/aromatic N) is 1. The van der Waals surface area contributed by atoms with Crippen LogP contribution >= 0.6 is 15.9 Å². The lowest BCUT2D eigenvalue weighted by atomic mass is 9.97. The summed E-state index contributed by atoms with van der Waals surface area (Å²) in [5.74, 6) is 0.248. The summed E-state index contributed by atoms with van der Waals surface area (Å²) in [7, 11) is -1.85. The zero-order chi connectivity index (χ0) is 21.0. The molecule has 0 spiro atoms. The van der Waals surface area contributed by atoms with E-state index in [1.54, 1.807) is 13.2 Å². The van der Waals surface area contributed by atoms with Crippen LogP contribution in [-0.2, 0) is 20.6 Å². The molecule has 3 rings (SSSR count). The second-order valence-corrected chi connectivity index (χ2v) is 10.1. The monoisotopic (exact) mass is 480 g/mol. The van der Waals surface area contributed by atoms with Gasteiger partial charge >= 0.3 is 0 Å². The number of sulfonamides is 1. The van der Waals surface area contributed by atoms with Crippen LogP contribution in [0.15, 0.2) is 46.9 Å². The zero-order valence-corrected chi connectivity index (χ0v) is 18.9. The summed E-state index contributed by atoms with van der Waals surface area (Å²) in [6, 6.07) is 12.9. The highest BCUT2D eigenvalue weighted by Gasteiger charge is 2.31. The minimum absolute atomic E-state index is 0.0379. The molecule has 0 bridgehead atoms. The molecule has 6 nitrogen and oxygen atoms in total. The Hall–Kier alpha value is -1.90. The zero-order valence-electron chi connectivity index (χ0n) is 16.5. The Labute approximate surface area is 180 Å². The molecule has 1 saturated heterocycles. The van der Waals surface area contributed by atoms with E-state index in [2.05, 4.69) is 21.2 Å². The van der Waals surface area contributed by atoms with Gasteiger partial charge in [-0.15, -0.1) is 0 Å². The molecule has 1 aliphatic rings. The highest BCUT2D eigenvalue weighted by molar-refractivity contribution is 9.10. The van der Waals surface area contributed by atoms with Crippen LogP contribution in [0, 0.1) is 12.8 Å². The van der Waals surface area contributed by atoms with E-state index < -0.39 is 10.0 Å². The molecule has 1 heterocycles. The van der Waals surface area contributed by atoms with Crippen molar-refractivity contribution in [3.63, 3.8) is 0 Å². The smallest absolute Gasteiger partial charge is 0.227 e. The Balaban J connectivity index is 1.60. The number of hydrogen-bond donors (Lipinski definition) is 1. The standard InChI is InChI=1S/C21H25BrN2O4S/c1-15-6-7-20(28-2)19(12-15)23-21(25)17-8-10-24(11-9-17)29(26,27)14-16-4-3-5-18(22)13-16/h3-7,12-13,17H,8-11,14H2,1-2H3,(H,23,25). The molecule has 0 radical (unpaired) electrons. The topological polar surface area (TPSA) is 75.7 Å². The van der Waals surface area contributed by atoms with Crippen molar-refractivity contribution in [1.29, 1.82) is 0 Å². The van der Waals surface area contributed by atoms with Crippen LogP contribution in [-0.4, -0.2) is 38.8 Å². The van der Waals surface area contributed by atoms with Crippen LogP contribution in [0.1, 0.15) is 24.0 Å². The van der Waals surface area contributed by atoms with Gasteiger partial charge in [0.05, 0.1) is 18.6 Å². The van der Waals surface area contributed by atoms with Gasteiger partial charge in [0.2, 0.25) is 15.9 Å². The molecule has 1 aliphatic heterocycles. The summed E-state index contributed by atoms with van der Waals surface area (Å²) in [4.78, 5) is 12.7. The van der Waals surface area contributed by atoms with E-state index in [0.29, 0.717) is 37.4 Å². The van der Waals surface area contributed by atoms with Crippen LogP contribution < -0.4 is 10.1 Å². The molecule has 156 valence electrons. The molecule has 1 N–H and O–H groups in total. The van der Waals surface area contributed by atoms with Crippen molar-refractivity contribution in [3.8, 4) is 5.75 Å². The van der Waals surface area contributed by atoms with Crippen molar-refractivity contribution < 1.29 is 17.9 Å². The molecule has 0 aromatic heterocycles. The summed E-state index contributed by atoms with van der Waals surface area (Å²) in [6.45, 7) is 2.64. The summed E-state index contributed by atoms with van der Waals surface area (Å²) in [6.07, 6.45) is 0.995. The number of carbonyl (C=O) groups is 1. The molecule has 1 fully saturated rings. The van der Waals surface area contributed by atoms with Crippen molar-refractivity contribution in [3.05, 3.63) is 58.1 Å². The Kier molecular flexibility index (Phi) is 6.97. The Morgan fingerprint density at radius 2 is 1.93 bits per heavy atom. The number of amides is 1. The van der Waals surface area contributed by atoms with E-state index in [1.807, 2.05) is 43.3 Å². The van der Waals surface area contributed by atoms with Crippen LogP contribution in [0.5, 0.6) is 5.75 Å². The SMILES string of the molecule is COc1ccc(C)cc1NC(=O)C1CCN(S(=O)(=O)Cc2cccc(Br)c2)CC1. The first-order valence-electron chi connectivity index (χ1n) is 9.46. The van der Waals surface area contributed by atoms with Crippen LogP contribution in [0.2, 0.25) is 0 Å². The average Bonchev–Trinajstić information content (AvgIpc) is 2.68. The molecule has 0 saturated carbocycles.